The lowest BCUT2D eigenvalue weighted by atomic mass is 10.3. The van der Waals surface area contributed by atoms with Crippen molar-refractivity contribution in [2.45, 2.75) is 0 Å². The Morgan fingerprint density at radius 1 is 1.21 bits per heavy atom. The predicted molar refractivity (Wildman–Crippen MR) is 94.6 cm³/mol. The average molecular weight is 360 g/mol. The fourth-order valence-corrected chi connectivity index (χ4v) is 3.18. The number of nitrogens with zero attached hydrogens (tertiary/aromatic N) is 2. The van der Waals surface area contributed by atoms with Crippen molar-refractivity contribution in [3.8, 4) is 16.3 Å². The third-order valence-corrected chi connectivity index (χ3v) is 4.59. The Morgan fingerprint density at radius 2 is 2.04 bits per heavy atom. The topological polar surface area (TPSA) is 64.1 Å². The van der Waals surface area contributed by atoms with E-state index in [1.54, 1.807) is 12.4 Å². The van der Waals surface area contributed by atoms with Crippen LogP contribution in [0.25, 0.3) is 10.6 Å². The molecule has 0 spiro atoms. The molecule has 24 heavy (non-hydrogen) atoms. The van der Waals surface area contributed by atoms with Crippen LogP contribution in [0, 0.1) is 0 Å². The Bertz CT molecular complexity index is 809. The molecule has 0 radical (unpaired) electrons. The van der Waals surface area contributed by atoms with Gasteiger partial charge in [0.05, 0.1) is 6.54 Å². The van der Waals surface area contributed by atoms with Gasteiger partial charge in [-0.3, -0.25) is 9.78 Å². The molecule has 0 aliphatic rings. The predicted octanol–water partition coefficient (Wildman–Crippen LogP) is 3.67. The lowest BCUT2D eigenvalue weighted by Crippen LogP contribution is -2.27. The van der Waals surface area contributed by atoms with Crippen molar-refractivity contribution >= 4 is 28.8 Å². The molecule has 7 heteroatoms. The van der Waals surface area contributed by atoms with E-state index in [1.165, 1.54) is 11.3 Å². The highest BCUT2D eigenvalue weighted by Crippen LogP contribution is 2.30. The molecular formula is C17H14ClN3O2S. The van der Waals surface area contributed by atoms with Gasteiger partial charge in [0.1, 0.15) is 22.2 Å². The Hall–Kier alpha value is -2.44. The number of para-hydroxylation sites is 1. The number of carbonyl (C=O) groups excluding carboxylic acids is 1. The minimum atomic E-state index is -0.260. The average Bonchev–Trinajstić information content (AvgIpc) is 3.02. The second-order valence-corrected chi connectivity index (χ2v) is 6.16. The summed E-state index contributed by atoms with van der Waals surface area (Å²) >= 11 is 7.32. The lowest BCUT2D eigenvalue weighted by molar-refractivity contribution is 0.0951. The van der Waals surface area contributed by atoms with E-state index in [0.717, 1.165) is 11.3 Å². The van der Waals surface area contributed by atoms with Crippen molar-refractivity contribution in [3.63, 3.8) is 0 Å². The number of carbonyl (C=O) groups is 1. The standard InChI is InChI=1S/C17H14ClN3O2S/c18-15-14(24-17(21-15)12-5-4-8-19-11-12)16(22)20-9-10-23-13-6-2-1-3-7-13/h1-8,11H,9-10H2,(H,20,22). The second-order valence-electron chi connectivity index (χ2n) is 4.80. The van der Waals surface area contributed by atoms with Gasteiger partial charge in [-0.1, -0.05) is 29.8 Å². The number of thiazole rings is 1. The second kappa shape index (κ2) is 7.90. The van der Waals surface area contributed by atoms with Crippen LogP contribution >= 0.6 is 22.9 Å². The van der Waals surface area contributed by atoms with Crippen molar-refractivity contribution in [2.75, 3.05) is 13.2 Å². The van der Waals surface area contributed by atoms with Gasteiger partial charge in [0, 0.05) is 18.0 Å². The number of rotatable bonds is 6. The highest BCUT2D eigenvalue weighted by Gasteiger charge is 2.17. The number of hydrogen-bond donors (Lipinski definition) is 1. The number of amides is 1. The number of hydrogen-bond acceptors (Lipinski definition) is 5. The van der Waals surface area contributed by atoms with Crippen molar-refractivity contribution in [1.29, 1.82) is 0 Å². The number of halogens is 1. The largest absolute Gasteiger partial charge is 0.492 e. The van der Waals surface area contributed by atoms with E-state index in [2.05, 4.69) is 15.3 Å². The van der Waals surface area contributed by atoms with E-state index in [1.807, 2.05) is 42.5 Å². The quantitative estimate of drug-likeness (QED) is 0.682. The molecule has 1 aromatic carbocycles. The van der Waals surface area contributed by atoms with Crippen molar-refractivity contribution in [2.24, 2.45) is 0 Å². The molecule has 5 nitrogen and oxygen atoms in total. The number of benzene rings is 1. The maximum atomic E-state index is 12.2. The van der Waals surface area contributed by atoms with Crippen LogP contribution in [-0.4, -0.2) is 29.0 Å². The highest BCUT2D eigenvalue weighted by atomic mass is 35.5. The number of pyridine rings is 1. The summed E-state index contributed by atoms with van der Waals surface area (Å²) in [5.74, 6) is 0.505. The van der Waals surface area contributed by atoms with E-state index in [4.69, 9.17) is 16.3 Å². The first-order valence-corrected chi connectivity index (χ1v) is 8.46. The Labute approximate surface area is 148 Å². The van der Waals surface area contributed by atoms with E-state index >= 15 is 0 Å². The third kappa shape index (κ3) is 4.10. The molecule has 0 atom stereocenters. The first-order chi connectivity index (χ1) is 11.7. The molecule has 0 unspecified atom stereocenters. The van der Waals surface area contributed by atoms with E-state index < -0.39 is 0 Å². The summed E-state index contributed by atoms with van der Waals surface area (Å²) < 4.78 is 5.53. The number of aromatic nitrogens is 2. The monoisotopic (exact) mass is 359 g/mol. The van der Waals surface area contributed by atoms with Crippen molar-refractivity contribution in [1.82, 2.24) is 15.3 Å². The van der Waals surface area contributed by atoms with Crippen LogP contribution in [0.15, 0.2) is 54.9 Å². The van der Waals surface area contributed by atoms with Gasteiger partial charge in [-0.05, 0) is 24.3 Å². The molecule has 122 valence electrons. The fourth-order valence-electron chi connectivity index (χ4n) is 1.98. The van der Waals surface area contributed by atoms with Crippen LogP contribution in [0.2, 0.25) is 5.15 Å². The molecule has 1 amide bonds. The number of nitrogens with one attached hydrogen (secondary N) is 1. The molecule has 1 N–H and O–H groups in total. The van der Waals surface area contributed by atoms with Gasteiger partial charge in [-0.25, -0.2) is 4.98 Å². The molecule has 0 saturated heterocycles. The molecule has 2 aromatic heterocycles. The van der Waals surface area contributed by atoms with Crippen LogP contribution in [0.4, 0.5) is 0 Å². The summed E-state index contributed by atoms with van der Waals surface area (Å²) in [6.45, 7) is 0.756. The minimum absolute atomic E-state index is 0.195. The summed E-state index contributed by atoms with van der Waals surface area (Å²) in [5, 5.41) is 3.64. The molecule has 0 bridgehead atoms. The smallest absolute Gasteiger partial charge is 0.264 e. The normalized spacial score (nSPS) is 10.4. The van der Waals surface area contributed by atoms with Crippen molar-refractivity contribution in [3.05, 3.63) is 64.9 Å². The van der Waals surface area contributed by atoms with Gasteiger partial charge < -0.3 is 10.1 Å². The zero-order chi connectivity index (χ0) is 16.8. The van der Waals surface area contributed by atoms with Gasteiger partial charge in [0.25, 0.3) is 5.91 Å². The molecule has 0 saturated carbocycles. The van der Waals surface area contributed by atoms with Gasteiger partial charge in [-0.2, -0.15) is 0 Å². The van der Waals surface area contributed by atoms with Gasteiger partial charge in [0.15, 0.2) is 5.15 Å². The molecule has 0 fully saturated rings. The SMILES string of the molecule is O=C(NCCOc1ccccc1)c1sc(-c2cccnc2)nc1Cl. The third-order valence-electron chi connectivity index (χ3n) is 3.10. The van der Waals surface area contributed by atoms with E-state index in [0.29, 0.717) is 23.0 Å². The zero-order valence-corrected chi connectivity index (χ0v) is 14.2. The summed E-state index contributed by atoms with van der Waals surface area (Å²) in [5.41, 5.74) is 0.830. The molecule has 3 rings (SSSR count). The molecule has 2 heterocycles. The van der Waals surface area contributed by atoms with Crippen LogP contribution in [-0.2, 0) is 0 Å². The van der Waals surface area contributed by atoms with Crippen LogP contribution in [0.1, 0.15) is 9.67 Å². The zero-order valence-electron chi connectivity index (χ0n) is 12.6. The number of ether oxygens (including phenoxy) is 1. The first kappa shape index (κ1) is 16.4. The minimum Gasteiger partial charge on any atom is -0.492 e. The van der Waals surface area contributed by atoms with Crippen molar-refractivity contribution < 1.29 is 9.53 Å². The van der Waals surface area contributed by atoms with Gasteiger partial charge in [-0.15, -0.1) is 11.3 Å². The summed E-state index contributed by atoms with van der Waals surface area (Å²) in [4.78, 5) is 20.9. The molecular weight excluding hydrogens is 346 g/mol. The maximum Gasteiger partial charge on any atom is 0.264 e. The molecule has 0 aliphatic carbocycles. The van der Waals surface area contributed by atoms with E-state index in [9.17, 15) is 4.79 Å². The Morgan fingerprint density at radius 3 is 2.79 bits per heavy atom. The van der Waals surface area contributed by atoms with Gasteiger partial charge >= 0.3 is 0 Å². The highest BCUT2D eigenvalue weighted by molar-refractivity contribution is 7.17. The Balaban J connectivity index is 1.56. The Kier molecular flexibility index (Phi) is 5.40. The fraction of sp³-hybridized carbons (Fsp3) is 0.118. The lowest BCUT2D eigenvalue weighted by Gasteiger charge is -2.06. The van der Waals surface area contributed by atoms with Crippen LogP contribution < -0.4 is 10.1 Å². The summed E-state index contributed by atoms with van der Waals surface area (Å²) in [7, 11) is 0. The first-order valence-electron chi connectivity index (χ1n) is 7.27. The van der Waals surface area contributed by atoms with Crippen LogP contribution in [0.3, 0.4) is 0 Å². The van der Waals surface area contributed by atoms with Gasteiger partial charge in [0.2, 0.25) is 0 Å². The van der Waals surface area contributed by atoms with Crippen LogP contribution in [0.5, 0.6) is 5.75 Å². The maximum absolute atomic E-state index is 12.2. The summed E-state index contributed by atoms with van der Waals surface area (Å²) in [6.07, 6.45) is 3.36. The summed E-state index contributed by atoms with van der Waals surface area (Å²) in [6, 6.07) is 13.1. The molecule has 3 aromatic rings. The molecule has 0 aliphatic heterocycles. The van der Waals surface area contributed by atoms with E-state index in [-0.39, 0.29) is 11.1 Å².